The van der Waals surface area contributed by atoms with Crippen LogP contribution in [-0.4, -0.2) is 52.5 Å². The molecule has 1 heterocycles. The molecule has 1 saturated heterocycles. The lowest BCUT2D eigenvalue weighted by atomic mass is 10.0. The molecule has 0 aromatic heterocycles. The van der Waals surface area contributed by atoms with Crippen LogP contribution in [0.15, 0.2) is 35.9 Å². The fraction of sp³-hybridized carbons (Fsp3) is 0.227. The Labute approximate surface area is 190 Å². The van der Waals surface area contributed by atoms with Crippen molar-refractivity contribution in [1.82, 2.24) is 5.32 Å². The van der Waals surface area contributed by atoms with Gasteiger partial charge in [0.15, 0.2) is 16.6 Å². The van der Waals surface area contributed by atoms with Crippen molar-refractivity contribution >= 4 is 40.9 Å². The average Bonchev–Trinajstić information content (AvgIpc) is 2.80. The molecule has 10 heteroatoms. The molecule has 0 aliphatic carbocycles. The van der Waals surface area contributed by atoms with Crippen LogP contribution < -0.4 is 33.9 Å². The van der Waals surface area contributed by atoms with Gasteiger partial charge < -0.3 is 23.7 Å². The van der Waals surface area contributed by atoms with E-state index < -0.39 is 11.8 Å². The second-order valence-electron chi connectivity index (χ2n) is 6.42. The SMILES string of the molecule is COc1ccc(N2C(=O)/C(=C/c3ccc(OC)c(OC)c3OC)C(=O)NC2=S)c(OC)c1. The molecule has 2 aromatic carbocycles. The normalized spacial score (nSPS) is 14.8. The number of nitrogens with one attached hydrogen (secondary N) is 1. The summed E-state index contributed by atoms with van der Waals surface area (Å²) in [5.74, 6) is 0.699. The van der Waals surface area contributed by atoms with Crippen molar-refractivity contribution < 1.29 is 33.3 Å². The van der Waals surface area contributed by atoms with Crippen molar-refractivity contribution in [1.29, 1.82) is 0 Å². The van der Waals surface area contributed by atoms with Gasteiger partial charge in [0.25, 0.3) is 11.8 Å². The second-order valence-corrected chi connectivity index (χ2v) is 6.81. The number of benzene rings is 2. The van der Waals surface area contributed by atoms with Gasteiger partial charge >= 0.3 is 0 Å². The van der Waals surface area contributed by atoms with Crippen LogP contribution in [0.4, 0.5) is 5.69 Å². The van der Waals surface area contributed by atoms with Crippen molar-refractivity contribution in [2.45, 2.75) is 0 Å². The molecule has 0 atom stereocenters. The van der Waals surface area contributed by atoms with Crippen LogP contribution in [0.2, 0.25) is 0 Å². The standard InChI is InChI=1S/C22H22N2O7S/c1-27-13-7-8-15(17(11-13)29-3)24-21(26)14(20(25)23-22(24)32)10-12-6-9-16(28-2)19(31-5)18(12)30-4/h6-11H,1-5H3,(H,23,25,32)/b14-10+. The molecule has 1 N–H and O–H groups in total. The van der Waals surface area contributed by atoms with E-state index in [9.17, 15) is 9.59 Å². The van der Waals surface area contributed by atoms with Gasteiger partial charge in [0.2, 0.25) is 5.75 Å². The number of thiocarbonyl (C=S) groups is 1. The maximum Gasteiger partial charge on any atom is 0.270 e. The zero-order valence-electron chi connectivity index (χ0n) is 18.2. The van der Waals surface area contributed by atoms with Crippen LogP contribution in [-0.2, 0) is 9.59 Å². The van der Waals surface area contributed by atoms with Crippen LogP contribution in [0.5, 0.6) is 28.7 Å². The maximum atomic E-state index is 13.4. The fourth-order valence-corrected chi connectivity index (χ4v) is 3.51. The molecule has 2 amide bonds. The lowest BCUT2D eigenvalue weighted by Crippen LogP contribution is -2.54. The van der Waals surface area contributed by atoms with Crippen molar-refractivity contribution in [3.63, 3.8) is 0 Å². The van der Waals surface area contributed by atoms with E-state index in [1.54, 1.807) is 30.3 Å². The first-order valence-corrected chi connectivity index (χ1v) is 9.73. The molecule has 2 aromatic rings. The van der Waals surface area contributed by atoms with Gasteiger partial charge in [-0.2, -0.15) is 0 Å². The average molecular weight is 458 g/mol. The Bertz CT molecular complexity index is 1110. The summed E-state index contributed by atoms with van der Waals surface area (Å²) in [4.78, 5) is 27.2. The largest absolute Gasteiger partial charge is 0.497 e. The zero-order chi connectivity index (χ0) is 23.4. The molecule has 1 fully saturated rings. The minimum absolute atomic E-state index is 0.0695. The number of ether oxygens (including phenoxy) is 5. The van der Waals surface area contributed by atoms with Gasteiger partial charge in [0.1, 0.15) is 17.1 Å². The van der Waals surface area contributed by atoms with Crippen molar-refractivity contribution in [2.24, 2.45) is 0 Å². The highest BCUT2D eigenvalue weighted by Gasteiger charge is 2.36. The number of carbonyl (C=O) groups excluding carboxylic acids is 2. The van der Waals surface area contributed by atoms with Crippen LogP contribution >= 0.6 is 12.2 Å². The molecule has 1 aliphatic heterocycles. The number of hydrogen-bond donors (Lipinski definition) is 1. The highest BCUT2D eigenvalue weighted by Crippen LogP contribution is 2.41. The molecule has 0 unspecified atom stereocenters. The minimum atomic E-state index is -0.638. The van der Waals surface area contributed by atoms with Gasteiger partial charge in [-0.3, -0.25) is 14.9 Å². The van der Waals surface area contributed by atoms with Crippen LogP contribution in [0.1, 0.15) is 5.56 Å². The lowest BCUT2D eigenvalue weighted by Gasteiger charge is -2.30. The third-order valence-electron chi connectivity index (χ3n) is 4.76. The van der Waals surface area contributed by atoms with E-state index >= 15 is 0 Å². The number of amides is 2. The predicted octanol–water partition coefficient (Wildman–Crippen LogP) is 2.56. The summed E-state index contributed by atoms with van der Waals surface area (Å²) in [7, 11) is 7.38. The van der Waals surface area contributed by atoms with Gasteiger partial charge in [-0.1, -0.05) is 0 Å². The van der Waals surface area contributed by atoms with Crippen molar-refractivity contribution in [3.05, 3.63) is 41.5 Å². The maximum absolute atomic E-state index is 13.4. The van der Waals surface area contributed by atoms with Gasteiger partial charge in [0.05, 0.1) is 41.2 Å². The van der Waals surface area contributed by atoms with E-state index in [1.807, 2.05) is 0 Å². The van der Waals surface area contributed by atoms with E-state index in [-0.39, 0.29) is 10.7 Å². The Kier molecular flexibility index (Phi) is 6.84. The summed E-state index contributed by atoms with van der Waals surface area (Å²) >= 11 is 5.27. The minimum Gasteiger partial charge on any atom is -0.497 e. The smallest absolute Gasteiger partial charge is 0.270 e. The van der Waals surface area contributed by atoms with E-state index in [0.29, 0.717) is 40.0 Å². The van der Waals surface area contributed by atoms with Gasteiger partial charge in [0, 0.05) is 11.6 Å². The fourth-order valence-electron chi connectivity index (χ4n) is 3.24. The number of carbonyl (C=O) groups is 2. The molecule has 32 heavy (non-hydrogen) atoms. The van der Waals surface area contributed by atoms with Crippen LogP contribution in [0.25, 0.3) is 6.08 Å². The molecule has 168 valence electrons. The third-order valence-corrected chi connectivity index (χ3v) is 5.05. The molecule has 9 nitrogen and oxygen atoms in total. The van der Waals surface area contributed by atoms with Crippen LogP contribution in [0, 0.1) is 0 Å². The predicted molar refractivity (Wildman–Crippen MR) is 122 cm³/mol. The molecule has 0 radical (unpaired) electrons. The van der Waals surface area contributed by atoms with Gasteiger partial charge in [-0.15, -0.1) is 0 Å². The molecular weight excluding hydrogens is 436 g/mol. The number of rotatable bonds is 7. The molecule has 0 bridgehead atoms. The van der Waals surface area contributed by atoms with Crippen molar-refractivity contribution in [3.8, 4) is 28.7 Å². The summed E-state index contributed by atoms with van der Waals surface area (Å²) in [5.41, 5.74) is 0.647. The van der Waals surface area contributed by atoms with Crippen LogP contribution in [0.3, 0.4) is 0 Å². The molecule has 3 rings (SSSR count). The van der Waals surface area contributed by atoms with E-state index in [2.05, 4.69) is 5.32 Å². The van der Waals surface area contributed by atoms with E-state index in [0.717, 1.165) is 0 Å². The topological polar surface area (TPSA) is 95.6 Å². The summed E-state index contributed by atoms with van der Waals surface area (Å²) in [6, 6.07) is 8.19. The first-order chi connectivity index (χ1) is 15.4. The first-order valence-electron chi connectivity index (χ1n) is 9.32. The Hall–Kier alpha value is -3.79. The summed E-state index contributed by atoms with van der Waals surface area (Å²) in [5, 5.41) is 2.47. The number of anilines is 1. The number of nitrogens with zero attached hydrogens (tertiary/aromatic N) is 1. The summed E-state index contributed by atoms with van der Waals surface area (Å²) in [6.45, 7) is 0. The zero-order valence-corrected chi connectivity index (χ0v) is 19.0. The molecule has 0 spiro atoms. The van der Waals surface area contributed by atoms with Gasteiger partial charge in [-0.05, 0) is 42.6 Å². The monoisotopic (exact) mass is 458 g/mol. The van der Waals surface area contributed by atoms with E-state index in [4.69, 9.17) is 35.9 Å². The Morgan fingerprint density at radius 3 is 2.12 bits per heavy atom. The number of methoxy groups -OCH3 is 5. The first kappa shape index (κ1) is 22.9. The Morgan fingerprint density at radius 2 is 1.53 bits per heavy atom. The molecular formula is C22H22N2O7S. The Balaban J connectivity index is 2.12. The Morgan fingerprint density at radius 1 is 0.844 bits per heavy atom. The van der Waals surface area contributed by atoms with Crippen molar-refractivity contribution in [2.75, 3.05) is 40.4 Å². The molecule has 0 saturated carbocycles. The molecule has 1 aliphatic rings. The summed E-state index contributed by atoms with van der Waals surface area (Å²) < 4.78 is 26.7. The lowest BCUT2D eigenvalue weighted by molar-refractivity contribution is -0.122. The third kappa shape index (κ3) is 4.04. The summed E-state index contributed by atoms with van der Waals surface area (Å²) in [6.07, 6.45) is 1.41. The van der Waals surface area contributed by atoms with Gasteiger partial charge in [-0.25, -0.2) is 4.90 Å². The second kappa shape index (κ2) is 9.56. The van der Waals surface area contributed by atoms with E-state index in [1.165, 1.54) is 46.5 Å². The number of hydrogen-bond acceptors (Lipinski definition) is 8. The highest BCUT2D eigenvalue weighted by molar-refractivity contribution is 7.80. The highest BCUT2D eigenvalue weighted by atomic mass is 32.1. The quantitative estimate of drug-likeness (QED) is 0.384.